The fourth-order valence-corrected chi connectivity index (χ4v) is 4.73. The fourth-order valence-electron chi connectivity index (χ4n) is 3.26. The Labute approximate surface area is 180 Å². The Morgan fingerprint density at radius 2 is 1.81 bits per heavy atom. The second-order valence-electron chi connectivity index (χ2n) is 7.30. The summed E-state index contributed by atoms with van der Waals surface area (Å²) in [6, 6.07) is 15.4. The lowest BCUT2D eigenvalue weighted by atomic mass is 10.2. The van der Waals surface area contributed by atoms with Gasteiger partial charge in [0.05, 0.1) is 11.4 Å². The molecule has 1 aliphatic rings. The zero-order valence-electron chi connectivity index (χ0n) is 17.1. The summed E-state index contributed by atoms with van der Waals surface area (Å²) in [5, 5.41) is 6.61. The first-order valence-electron chi connectivity index (χ1n) is 9.88. The van der Waals surface area contributed by atoms with E-state index in [2.05, 4.69) is 20.4 Å². The molecule has 1 saturated heterocycles. The summed E-state index contributed by atoms with van der Waals surface area (Å²) in [6.07, 6.45) is 0. The van der Waals surface area contributed by atoms with Gasteiger partial charge >= 0.3 is 0 Å². The summed E-state index contributed by atoms with van der Waals surface area (Å²) in [5.74, 6) is 0.272. The molecule has 10 heteroatoms. The van der Waals surface area contributed by atoms with Crippen molar-refractivity contribution >= 4 is 15.9 Å². The smallest absolute Gasteiger partial charge is 0.251 e. The van der Waals surface area contributed by atoms with Crippen LogP contribution in [0.25, 0.3) is 11.4 Å². The summed E-state index contributed by atoms with van der Waals surface area (Å²) >= 11 is 0. The number of nitrogens with one attached hydrogen (secondary N) is 1. The Balaban J connectivity index is 1.42. The molecule has 0 radical (unpaired) electrons. The Morgan fingerprint density at radius 3 is 2.55 bits per heavy atom. The van der Waals surface area contributed by atoms with Crippen LogP contribution in [-0.4, -0.2) is 66.9 Å². The minimum Gasteiger partial charge on any atom is -0.343 e. The minimum atomic E-state index is -3.65. The molecule has 0 atom stereocenters. The van der Waals surface area contributed by atoms with E-state index in [1.165, 1.54) is 16.4 Å². The number of carbonyl (C=O) groups is 1. The average molecular weight is 442 g/mol. The molecule has 1 fully saturated rings. The number of hydrogen-bond donors (Lipinski definition) is 1. The van der Waals surface area contributed by atoms with Crippen molar-refractivity contribution in [2.24, 2.45) is 0 Å². The van der Waals surface area contributed by atoms with E-state index in [-0.39, 0.29) is 22.9 Å². The van der Waals surface area contributed by atoms with Gasteiger partial charge in [-0.2, -0.15) is 9.29 Å². The van der Waals surface area contributed by atoms with Crippen LogP contribution >= 0.6 is 0 Å². The summed E-state index contributed by atoms with van der Waals surface area (Å²) < 4.78 is 32.5. The van der Waals surface area contributed by atoms with Gasteiger partial charge in [-0.15, -0.1) is 0 Å². The van der Waals surface area contributed by atoms with Crippen LogP contribution in [0, 0.1) is 0 Å². The third kappa shape index (κ3) is 4.82. The minimum absolute atomic E-state index is 0.0358. The molecule has 2 heterocycles. The van der Waals surface area contributed by atoms with Crippen molar-refractivity contribution < 1.29 is 17.7 Å². The molecule has 0 bridgehead atoms. The van der Waals surface area contributed by atoms with Crippen molar-refractivity contribution in [3.05, 3.63) is 66.1 Å². The molecule has 2 aromatic carbocycles. The normalized spacial score (nSPS) is 15.6. The number of sulfonamides is 1. The van der Waals surface area contributed by atoms with E-state index in [0.29, 0.717) is 32.0 Å². The average Bonchev–Trinajstić information content (AvgIpc) is 3.27. The number of rotatable bonds is 6. The third-order valence-corrected chi connectivity index (χ3v) is 6.99. The number of piperazine rings is 1. The molecular weight excluding hydrogens is 418 g/mol. The molecule has 4 rings (SSSR count). The van der Waals surface area contributed by atoms with Crippen molar-refractivity contribution in [3.63, 3.8) is 0 Å². The van der Waals surface area contributed by atoms with Gasteiger partial charge in [-0.25, -0.2) is 8.42 Å². The highest BCUT2D eigenvalue weighted by atomic mass is 32.2. The van der Waals surface area contributed by atoms with Crippen LogP contribution in [0.5, 0.6) is 0 Å². The lowest BCUT2D eigenvalue weighted by Gasteiger charge is -2.31. The van der Waals surface area contributed by atoms with Crippen LogP contribution < -0.4 is 5.32 Å². The van der Waals surface area contributed by atoms with Gasteiger partial charge in [-0.3, -0.25) is 4.79 Å². The molecule has 1 amide bonds. The maximum absolute atomic E-state index is 12.9. The SMILES string of the molecule is CN1CCN(S(=O)(=O)c2cccc(C(=O)NCc3nc(-c4ccccc4)no3)c2)CC1. The molecule has 31 heavy (non-hydrogen) atoms. The molecule has 1 aliphatic heterocycles. The lowest BCUT2D eigenvalue weighted by Crippen LogP contribution is -2.47. The van der Waals surface area contributed by atoms with Gasteiger partial charge in [-0.1, -0.05) is 41.6 Å². The van der Waals surface area contributed by atoms with Crippen LogP contribution in [0.2, 0.25) is 0 Å². The van der Waals surface area contributed by atoms with Crippen LogP contribution in [0.15, 0.2) is 64.0 Å². The van der Waals surface area contributed by atoms with Gasteiger partial charge in [0.25, 0.3) is 5.91 Å². The number of likely N-dealkylation sites (N-methyl/N-ethyl adjacent to an activating group) is 1. The van der Waals surface area contributed by atoms with Crippen molar-refractivity contribution in [2.75, 3.05) is 33.2 Å². The van der Waals surface area contributed by atoms with Crippen LogP contribution in [0.1, 0.15) is 16.2 Å². The predicted molar refractivity (Wildman–Crippen MR) is 114 cm³/mol. The summed E-state index contributed by atoms with van der Waals surface area (Å²) in [4.78, 5) is 19.0. The van der Waals surface area contributed by atoms with E-state index in [1.807, 2.05) is 37.4 Å². The largest absolute Gasteiger partial charge is 0.343 e. The van der Waals surface area contributed by atoms with E-state index in [1.54, 1.807) is 12.1 Å². The quantitative estimate of drug-likeness (QED) is 0.619. The molecule has 9 nitrogen and oxygen atoms in total. The van der Waals surface area contributed by atoms with Gasteiger partial charge in [0.2, 0.25) is 21.7 Å². The summed E-state index contributed by atoms with van der Waals surface area (Å²) in [6.45, 7) is 2.24. The highest BCUT2D eigenvalue weighted by molar-refractivity contribution is 7.89. The van der Waals surface area contributed by atoms with E-state index in [4.69, 9.17) is 4.52 Å². The first-order valence-corrected chi connectivity index (χ1v) is 11.3. The number of benzene rings is 2. The second-order valence-corrected chi connectivity index (χ2v) is 9.23. The molecule has 0 saturated carbocycles. The molecule has 1 N–H and O–H groups in total. The Kier molecular flexibility index (Phi) is 6.12. The number of aromatic nitrogens is 2. The summed E-state index contributed by atoms with van der Waals surface area (Å²) in [5.41, 5.74) is 1.06. The van der Waals surface area contributed by atoms with Gasteiger partial charge in [0.1, 0.15) is 0 Å². The van der Waals surface area contributed by atoms with E-state index >= 15 is 0 Å². The van der Waals surface area contributed by atoms with Crippen LogP contribution in [0.4, 0.5) is 0 Å². The predicted octanol–water partition coefficient (Wildman–Crippen LogP) is 1.60. The molecule has 3 aromatic rings. The number of nitrogens with zero attached hydrogens (tertiary/aromatic N) is 4. The van der Waals surface area contributed by atoms with Crippen molar-refractivity contribution in [2.45, 2.75) is 11.4 Å². The Bertz CT molecular complexity index is 1160. The highest BCUT2D eigenvalue weighted by Crippen LogP contribution is 2.19. The van der Waals surface area contributed by atoms with E-state index in [0.717, 1.165) is 5.56 Å². The third-order valence-electron chi connectivity index (χ3n) is 5.10. The molecule has 162 valence electrons. The second kappa shape index (κ2) is 8.96. The fraction of sp³-hybridized carbons (Fsp3) is 0.286. The topological polar surface area (TPSA) is 109 Å². The zero-order chi connectivity index (χ0) is 21.8. The lowest BCUT2D eigenvalue weighted by molar-refractivity contribution is 0.0946. The molecule has 0 unspecified atom stereocenters. The monoisotopic (exact) mass is 441 g/mol. The maximum Gasteiger partial charge on any atom is 0.251 e. The number of carbonyl (C=O) groups excluding carboxylic acids is 1. The van der Waals surface area contributed by atoms with Gasteiger partial charge < -0.3 is 14.7 Å². The van der Waals surface area contributed by atoms with Gasteiger partial charge in [0.15, 0.2) is 0 Å². The Morgan fingerprint density at radius 1 is 1.06 bits per heavy atom. The maximum atomic E-state index is 12.9. The highest BCUT2D eigenvalue weighted by Gasteiger charge is 2.28. The van der Waals surface area contributed by atoms with E-state index < -0.39 is 15.9 Å². The first-order chi connectivity index (χ1) is 14.9. The van der Waals surface area contributed by atoms with Crippen molar-refractivity contribution in [3.8, 4) is 11.4 Å². The van der Waals surface area contributed by atoms with Gasteiger partial charge in [0, 0.05) is 37.3 Å². The van der Waals surface area contributed by atoms with Gasteiger partial charge in [-0.05, 0) is 25.2 Å². The summed E-state index contributed by atoms with van der Waals surface area (Å²) in [7, 11) is -1.69. The molecule has 0 spiro atoms. The van der Waals surface area contributed by atoms with Crippen molar-refractivity contribution in [1.82, 2.24) is 24.7 Å². The number of amides is 1. The molecule has 0 aliphatic carbocycles. The first kappa shape index (κ1) is 21.2. The number of hydrogen-bond acceptors (Lipinski definition) is 7. The zero-order valence-corrected chi connectivity index (χ0v) is 17.9. The molecular formula is C21H23N5O4S. The van der Waals surface area contributed by atoms with Crippen LogP contribution in [0.3, 0.4) is 0 Å². The van der Waals surface area contributed by atoms with E-state index in [9.17, 15) is 13.2 Å². The Hall–Kier alpha value is -3.08. The van der Waals surface area contributed by atoms with Crippen LogP contribution in [-0.2, 0) is 16.6 Å². The molecule has 1 aromatic heterocycles. The standard InChI is InChI=1S/C21H23N5O4S/c1-25-10-12-26(13-11-25)31(28,29)18-9-5-8-17(14-18)21(27)22-15-19-23-20(24-30-19)16-6-3-2-4-7-16/h2-9,14H,10-13,15H2,1H3,(H,22,27). The van der Waals surface area contributed by atoms with Crippen molar-refractivity contribution in [1.29, 1.82) is 0 Å².